The van der Waals surface area contributed by atoms with Gasteiger partial charge in [-0.05, 0) is 18.2 Å². The topological polar surface area (TPSA) is 84.6 Å². The molecule has 0 radical (unpaired) electrons. The Balaban J connectivity index is 2.48. The van der Waals surface area contributed by atoms with Crippen LogP contribution in [0.5, 0.6) is 0 Å². The molecule has 1 unspecified atom stereocenters. The van der Waals surface area contributed by atoms with E-state index < -0.39 is 12.0 Å². The molecular formula is C13H13N3O3. The highest BCUT2D eigenvalue weighted by Gasteiger charge is 2.35. The number of carbonyl (C=O) groups excluding carboxylic acids is 1. The van der Waals surface area contributed by atoms with Crippen molar-refractivity contribution in [2.45, 2.75) is 12.5 Å². The summed E-state index contributed by atoms with van der Waals surface area (Å²) in [5, 5.41) is 17.8. The summed E-state index contributed by atoms with van der Waals surface area (Å²) in [6.45, 7) is 0. The number of nitrogens with zero attached hydrogens (tertiary/aromatic N) is 3. The molecule has 6 heteroatoms. The SMILES string of the molecule is CN1C(=O)C(CC(=O)O)N(C)c2ccc(C#N)cc21. The second kappa shape index (κ2) is 4.61. The average Bonchev–Trinajstić information content (AvgIpc) is 2.40. The van der Waals surface area contributed by atoms with Gasteiger partial charge in [0, 0.05) is 14.1 Å². The lowest BCUT2D eigenvalue weighted by Gasteiger charge is -2.39. The van der Waals surface area contributed by atoms with Gasteiger partial charge in [0.1, 0.15) is 6.04 Å². The van der Waals surface area contributed by atoms with Crippen LogP contribution < -0.4 is 9.80 Å². The number of amides is 1. The minimum Gasteiger partial charge on any atom is -0.481 e. The van der Waals surface area contributed by atoms with Gasteiger partial charge in [-0.3, -0.25) is 9.59 Å². The molecule has 0 spiro atoms. The van der Waals surface area contributed by atoms with Crippen LogP contribution in [0.1, 0.15) is 12.0 Å². The Kier molecular flexibility index (Phi) is 3.13. The number of aliphatic carboxylic acids is 1. The molecule has 0 aliphatic carbocycles. The van der Waals surface area contributed by atoms with Crippen molar-refractivity contribution < 1.29 is 14.7 Å². The first-order chi connectivity index (χ1) is 8.95. The van der Waals surface area contributed by atoms with Gasteiger partial charge in [0.05, 0.1) is 29.4 Å². The third kappa shape index (κ3) is 2.10. The number of likely N-dealkylation sites (N-methyl/N-ethyl adjacent to an activating group) is 2. The van der Waals surface area contributed by atoms with Gasteiger partial charge >= 0.3 is 5.97 Å². The summed E-state index contributed by atoms with van der Waals surface area (Å²) in [7, 11) is 3.27. The van der Waals surface area contributed by atoms with Crippen LogP contribution in [0, 0.1) is 11.3 Å². The van der Waals surface area contributed by atoms with Crippen molar-refractivity contribution in [2.75, 3.05) is 23.9 Å². The molecule has 1 N–H and O–H groups in total. The Hall–Kier alpha value is -2.55. The quantitative estimate of drug-likeness (QED) is 0.849. The molecule has 6 nitrogen and oxygen atoms in total. The molecule has 1 amide bonds. The van der Waals surface area contributed by atoms with E-state index in [1.54, 1.807) is 37.2 Å². The third-order valence-corrected chi connectivity index (χ3v) is 3.30. The predicted octanol–water partition coefficient (Wildman–Crippen LogP) is 0.814. The van der Waals surface area contributed by atoms with Gasteiger partial charge in [0.2, 0.25) is 5.91 Å². The third-order valence-electron chi connectivity index (χ3n) is 3.30. The fraction of sp³-hybridized carbons (Fsp3) is 0.308. The Morgan fingerprint density at radius 1 is 1.42 bits per heavy atom. The van der Waals surface area contributed by atoms with E-state index in [4.69, 9.17) is 10.4 Å². The fourth-order valence-electron chi connectivity index (χ4n) is 2.23. The van der Waals surface area contributed by atoms with Crippen molar-refractivity contribution in [3.05, 3.63) is 23.8 Å². The highest BCUT2D eigenvalue weighted by atomic mass is 16.4. The Labute approximate surface area is 110 Å². The van der Waals surface area contributed by atoms with Crippen LogP contribution in [-0.4, -0.2) is 37.1 Å². The van der Waals surface area contributed by atoms with Crippen LogP contribution in [0.4, 0.5) is 11.4 Å². The summed E-state index contributed by atoms with van der Waals surface area (Å²) >= 11 is 0. The van der Waals surface area contributed by atoms with E-state index >= 15 is 0 Å². The van der Waals surface area contributed by atoms with E-state index in [2.05, 4.69) is 0 Å². The number of carboxylic acids is 1. The number of hydrogen-bond acceptors (Lipinski definition) is 4. The lowest BCUT2D eigenvalue weighted by Crippen LogP contribution is -2.51. The van der Waals surface area contributed by atoms with Gasteiger partial charge in [-0.1, -0.05) is 0 Å². The largest absolute Gasteiger partial charge is 0.481 e. The molecule has 0 aromatic heterocycles. The second-order valence-electron chi connectivity index (χ2n) is 4.44. The molecule has 0 bridgehead atoms. The molecular weight excluding hydrogens is 246 g/mol. The summed E-state index contributed by atoms with van der Waals surface area (Å²) in [6.07, 6.45) is -0.251. The smallest absolute Gasteiger partial charge is 0.305 e. The summed E-state index contributed by atoms with van der Waals surface area (Å²) in [5.41, 5.74) is 1.82. The maximum atomic E-state index is 12.2. The van der Waals surface area contributed by atoms with Gasteiger partial charge in [-0.25, -0.2) is 0 Å². The minimum absolute atomic E-state index is 0.251. The van der Waals surface area contributed by atoms with Crippen LogP contribution >= 0.6 is 0 Å². The monoisotopic (exact) mass is 259 g/mol. The highest BCUT2D eigenvalue weighted by molar-refractivity contribution is 6.06. The molecule has 98 valence electrons. The van der Waals surface area contributed by atoms with E-state index in [0.717, 1.165) is 5.69 Å². The van der Waals surface area contributed by atoms with Gasteiger partial charge in [0.15, 0.2) is 0 Å². The summed E-state index contributed by atoms with van der Waals surface area (Å²) in [5.74, 6) is -1.30. The molecule has 1 aromatic carbocycles. The van der Waals surface area contributed by atoms with Crippen molar-refractivity contribution in [1.82, 2.24) is 0 Å². The predicted molar refractivity (Wildman–Crippen MR) is 69.0 cm³/mol. The Bertz CT molecular complexity index is 591. The van der Waals surface area contributed by atoms with Gasteiger partial charge in [-0.2, -0.15) is 5.26 Å². The van der Waals surface area contributed by atoms with E-state index in [1.807, 2.05) is 6.07 Å². The molecule has 19 heavy (non-hydrogen) atoms. The molecule has 1 atom stereocenters. The van der Waals surface area contributed by atoms with E-state index in [1.165, 1.54) is 4.90 Å². The average molecular weight is 259 g/mol. The number of rotatable bonds is 2. The van der Waals surface area contributed by atoms with Gasteiger partial charge < -0.3 is 14.9 Å². The van der Waals surface area contributed by atoms with Crippen LogP contribution in [0.15, 0.2) is 18.2 Å². The van der Waals surface area contributed by atoms with Crippen LogP contribution in [-0.2, 0) is 9.59 Å². The van der Waals surface area contributed by atoms with Gasteiger partial charge in [-0.15, -0.1) is 0 Å². The van der Waals surface area contributed by atoms with Crippen LogP contribution in [0.2, 0.25) is 0 Å². The molecule has 0 saturated heterocycles. The molecule has 1 aliphatic rings. The Morgan fingerprint density at radius 2 is 2.11 bits per heavy atom. The first kappa shape index (κ1) is 12.9. The van der Waals surface area contributed by atoms with Crippen molar-refractivity contribution in [1.29, 1.82) is 5.26 Å². The Morgan fingerprint density at radius 3 is 2.68 bits per heavy atom. The van der Waals surface area contributed by atoms with E-state index in [0.29, 0.717) is 11.3 Å². The summed E-state index contributed by atoms with van der Waals surface area (Å²) in [6, 6.07) is 6.30. The van der Waals surface area contributed by atoms with Crippen LogP contribution in [0.3, 0.4) is 0 Å². The summed E-state index contributed by atoms with van der Waals surface area (Å²) in [4.78, 5) is 26.1. The van der Waals surface area contributed by atoms with E-state index in [-0.39, 0.29) is 12.3 Å². The van der Waals surface area contributed by atoms with Crippen molar-refractivity contribution in [3.63, 3.8) is 0 Å². The number of anilines is 2. The van der Waals surface area contributed by atoms with E-state index in [9.17, 15) is 9.59 Å². The number of nitriles is 1. The number of benzene rings is 1. The van der Waals surface area contributed by atoms with Crippen molar-refractivity contribution in [2.24, 2.45) is 0 Å². The zero-order chi connectivity index (χ0) is 14.2. The summed E-state index contributed by atoms with van der Waals surface area (Å²) < 4.78 is 0. The number of carbonyl (C=O) groups is 2. The number of fused-ring (bicyclic) bond motifs is 1. The van der Waals surface area contributed by atoms with Crippen LogP contribution in [0.25, 0.3) is 0 Å². The first-order valence-electron chi connectivity index (χ1n) is 5.72. The molecule has 1 aromatic rings. The number of carboxylic acid groups (broad SMARTS) is 1. The fourth-order valence-corrected chi connectivity index (χ4v) is 2.23. The first-order valence-corrected chi connectivity index (χ1v) is 5.72. The zero-order valence-electron chi connectivity index (χ0n) is 10.6. The van der Waals surface area contributed by atoms with Crippen molar-refractivity contribution in [3.8, 4) is 6.07 Å². The number of hydrogen-bond donors (Lipinski definition) is 1. The second-order valence-corrected chi connectivity index (χ2v) is 4.44. The molecule has 0 fully saturated rings. The maximum absolute atomic E-state index is 12.2. The maximum Gasteiger partial charge on any atom is 0.305 e. The lowest BCUT2D eigenvalue weighted by molar-refractivity contribution is -0.139. The molecule has 1 aliphatic heterocycles. The normalized spacial score (nSPS) is 17.9. The zero-order valence-corrected chi connectivity index (χ0v) is 10.6. The molecule has 1 heterocycles. The minimum atomic E-state index is -1.02. The van der Waals surface area contributed by atoms with Crippen molar-refractivity contribution >= 4 is 23.3 Å². The highest BCUT2D eigenvalue weighted by Crippen LogP contribution is 2.35. The standard InChI is InChI=1S/C13H13N3O3/c1-15-9-4-3-8(7-14)5-10(9)16(2)13(19)11(15)6-12(17)18/h3-5,11H,6H2,1-2H3,(H,17,18). The molecule has 0 saturated carbocycles. The molecule has 2 rings (SSSR count). The van der Waals surface area contributed by atoms with Gasteiger partial charge in [0.25, 0.3) is 0 Å². The lowest BCUT2D eigenvalue weighted by atomic mass is 10.0.